The van der Waals surface area contributed by atoms with Crippen molar-refractivity contribution in [1.82, 2.24) is 5.32 Å². The smallest absolute Gasteiger partial charge is 0.120 e. The average molecular weight is 283 g/mol. The lowest BCUT2D eigenvalue weighted by atomic mass is 10.0. The zero-order valence-electron chi connectivity index (χ0n) is 13.4. The van der Waals surface area contributed by atoms with Crippen molar-refractivity contribution in [1.29, 1.82) is 0 Å². The molecule has 2 aromatic carbocycles. The monoisotopic (exact) mass is 283 g/mol. The van der Waals surface area contributed by atoms with Crippen LogP contribution in [0.15, 0.2) is 36.4 Å². The summed E-state index contributed by atoms with van der Waals surface area (Å²) in [6, 6.07) is 12.0. The van der Waals surface area contributed by atoms with Gasteiger partial charge in [-0.25, -0.2) is 0 Å². The fraction of sp³-hybridized carbons (Fsp3) is 0.474. The summed E-state index contributed by atoms with van der Waals surface area (Å²) >= 11 is 0. The highest BCUT2D eigenvalue weighted by Crippen LogP contribution is 2.67. The van der Waals surface area contributed by atoms with Crippen LogP contribution >= 0.6 is 0 Å². The van der Waals surface area contributed by atoms with Gasteiger partial charge in [-0.1, -0.05) is 58.0 Å². The lowest BCUT2D eigenvalue weighted by Gasteiger charge is -2.11. The molecule has 0 heterocycles. The predicted octanol–water partition coefficient (Wildman–Crippen LogP) is 4.32. The maximum atomic E-state index is 10.2. The molecular weight excluding hydrogens is 258 g/mol. The number of phenolic OH excluding ortho intramolecular Hbond substituents is 1. The summed E-state index contributed by atoms with van der Waals surface area (Å²) in [6.45, 7) is 11.1. The van der Waals surface area contributed by atoms with Crippen molar-refractivity contribution in [2.75, 3.05) is 6.54 Å². The van der Waals surface area contributed by atoms with E-state index in [9.17, 15) is 5.11 Å². The Morgan fingerprint density at radius 3 is 2.33 bits per heavy atom. The number of benzene rings is 2. The van der Waals surface area contributed by atoms with Crippen molar-refractivity contribution < 1.29 is 5.11 Å². The maximum Gasteiger partial charge on any atom is 0.120 e. The third-order valence-corrected chi connectivity index (χ3v) is 5.99. The van der Waals surface area contributed by atoms with Crippen molar-refractivity contribution in [3.63, 3.8) is 0 Å². The van der Waals surface area contributed by atoms with Gasteiger partial charge in [-0.15, -0.1) is 0 Å². The molecule has 2 N–H and O–H groups in total. The number of fused-ring (bicyclic) bond motifs is 1. The van der Waals surface area contributed by atoms with Crippen LogP contribution in [0.25, 0.3) is 10.8 Å². The molecule has 1 saturated carbocycles. The molecule has 0 unspecified atom stereocenters. The molecule has 1 fully saturated rings. The van der Waals surface area contributed by atoms with E-state index in [2.05, 4.69) is 45.1 Å². The molecule has 0 saturated heterocycles. The van der Waals surface area contributed by atoms with Gasteiger partial charge in [0.2, 0.25) is 0 Å². The first-order valence-electron chi connectivity index (χ1n) is 7.76. The van der Waals surface area contributed by atoms with Gasteiger partial charge < -0.3 is 10.4 Å². The first-order valence-corrected chi connectivity index (χ1v) is 7.76. The molecule has 0 bridgehead atoms. The third-order valence-electron chi connectivity index (χ3n) is 5.99. The molecule has 21 heavy (non-hydrogen) atoms. The van der Waals surface area contributed by atoms with Crippen LogP contribution in [0, 0.1) is 16.7 Å². The van der Waals surface area contributed by atoms with Gasteiger partial charge in [-0.3, -0.25) is 0 Å². The number of phenols is 1. The lowest BCUT2D eigenvalue weighted by molar-refractivity contribution is 0.457. The van der Waals surface area contributed by atoms with E-state index in [0.717, 1.165) is 24.0 Å². The fourth-order valence-electron chi connectivity index (χ4n) is 3.70. The molecule has 0 aliphatic heterocycles. The average Bonchev–Trinajstić information content (AvgIpc) is 2.83. The molecule has 0 aromatic heterocycles. The van der Waals surface area contributed by atoms with Gasteiger partial charge in [0.05, 0.1) is 0 Å². The van der Waals surface area contributed by atoms with Crippen LogP contribution in [0.2, 0.25) is 0 Å². The van der Waals surface area contributed by atoms with Gasteiger partial charge in [0.15, 0.2) is 0 Å². The fourth-order valence-corrected chi connectivity index (χ4v) is 3.70. The van der Waals surface area contributed by atoms with Crippen molar-refractivity contribution in [2.45, 2.75) is 34.2 Å². The number of aromatic hydroxyl groups is 1. The van der Waals surface area contributed by atoms with Crippen molar-refractivity contribution in [2.24, 2.45) is 16.7 Å². The van der Waals surface area contributed by atoms with Gasteiger partial charge in [-0.2, -0.15) is 0 Å². The minimum atomic E-state index is 0.385. The van der Waals surface area contributed by atoms with Crippen molar-refractivity contribution >= 4 is 10.8 Å². The van der Waals surface area contributed by atoms with Gasteiger partial charge in [0.25, 0.3) is 0 Å². The number of hydrogen-bond donors (Lipinski definition) is 2. The van der Waals surface area contributed by atoms with Crippen LogP contribution in [0.4, 0.5) is 0 Å². The molecule has 2 nitrogen and oxygen atoms in total. The Morgan fingerprint density at radius 1 is 1.00 bits per heavy atom. The second kappa shape index (κ2) is 4.74. The molecule has 112 valence electrons. The van der Waals surface area contributed by atoms with Crippen LogP contribution in [-0.2, 0) is 6.54 Å². The van der Waals surface area contributed by atoms with Crippen LogP contribution in [0.5, 0.6) is 5.75 Å². The Hall–Kier alpha value is -1.54. The summed E-state index contributed by atoms with van der Waals surface area (Å²) in [5.74, 6) is 1.08. The number of nitrogens with one attached hydrogen (secondary N) is 1. The first kappa shape index (κ1) is 14.4. The highest BCUT2D eigenvalue weighted by Gasteiger charge is 2.63. The van der Waals surface area contributed by atoms with E-state index < -0.39 is 0 Å². The Bertz CT molecular complexity index is 658. The minimum absolute atomic E-state index is 0.385. The molecular formula is C19H25NO. The van der Waals surface area contributed by atoms with Crippen molar-refractivity contribution in [3.8, 4) is 5.75 Å². The van der Waals surface area contributed by atoms with E-state index in [1.807, 2.05) is 18.2 Å². The molecule has 1 aliphatic rings. The number of hydrogen-bond acceptors (Lipinski definition) is 2. The number of rotatable bonds is 4. The molecule has 2 heteroatoms. The highest BCUT2D eigenvalue weighted by atomic mass is 16.3. The Balaban J connectivity index is 1.73. The lowest BCUT2D eigenvalue weighted by Crippen LogP contribution is -2.19. The zero-order chi connectivity index (χ0) is 15.3. The summed E-state index contributed by atoms with van der Waals surface area (Å²) in [5, 5.41) is 16.0. The second-order valence-electron chi connectivity index (χ2n) is 7.41. The van der Waals surface area contributed by atoms with E-state index in [4.69, 9.17) is 0 Å². The molecule has 0 atom stereocenters. The Morgan fingerprint density at radius 2 is 1.67 bits per heavy atom. The van der Waals surface area contributed by atoms with E-state index >= 15 is 0 Å². The highest BCUT2D eigenvalue weighted by molar-refractivity contribution is 5.87. The summed E-state index contributed by atoms with van der Waals surface area (Å²) < 4.78 is 0. The molecule has 1 aliphatic carbocycles. The van der Waals surface area contributed by atoms with Gasteiger partial charge in [0, 0.05) is 12.1 Å². The largest absolute Gasteiger partial charge is 0.508 e. The quantitative estimate of drug-likeness (QED) is 0.876. The molecule has 0 amide bonds. The summed E-state index contributed by atoms with van der Waals surface area (Å²) in [6.07, 6.45) is 0. The molecule has 0 radical (unpaired) electrons. The normalized spacial score (nSPS) is 19.8. The van der Waals surface area contributed by atoms with Crippen LogP contribution in [0.3, 0.4) is 0 Å². The second-order valence-corrected chi connectivity index (χ2v) is 7.41. The zero-order valence-corrected chi connectivity index (χ0v) is 13.4. The topological polar surface area (TPSA) is 32.3 Å². The Labute approximate surface area is 127 Å². The van der Waals surface area contributed by atoms with E-state index in [-0.39, 0.29) is 0 Å². The van der Waals surface area contributed by atoms with Crippen molar-refractivity contribution in [3.05, 3.63) is 42.0 Å². The Kier molecular flexibility index (Phi) is 3.25. The first-order chi connectivity index (χ1) is 9.85. The predicted molar refractivity (Wildman–Crippen MR) is 88.4 cm³/mol. The summed E-state index contributed by atoms with van der Waals surface area (Å²) in [4.78, 5) is 0. The van der Waals surface area contributed by atoms with E-state index in [1.165, 1.54) is 5.39 Å². The summed E-state index contributed by atoms with van der Waals surface area (Å²) in [5.41, 5.74) is 1.81. The van der Waals surface area contributed by atoms with E-state index in [0.29, 0.717) is 22.5 Å². The SMILES string of the molecule is CC1(C)C(CNCc2c(O)ccc3ccccc23)C1(C)C. The minimum Gasteiger partial charge on any atom is -0.508 e. The van der Waals surface area contributed by atoms with Gasteiger partial charge in [-0.05, 0) is 40.1 Å². The van der Waals surface area contributed by atoms with Crippen LogP contribution < -0.4 is 5.32 Å². The standard InChI is InChI=1S/C19H25NO/c1-18(2)17(19(18,3)4)12-20-11-15-14-8-6-5-7-13(14)9-10-16(15)21/h5-10,17,20-21H,11-12H2,1-4H3. The van der Waals surface area contributed by atoms with Crippen LogP contribution in [-0.4, -0.2) is 11.7 Å². The molecule has 2 aromatic rings. The van der Waals surface area contributed by atoms with Crippen LogP contribution in [0.1, 0.15) is 33.3 Å². The van der Waals surface area contributed by atoms with Gasteiger partial charge in [0.1, 0.15) is 5.75 Å². The summed E-state index contributed by atoms with van der Waals surface area (Å²) in [7, 11) is 0. The van der Waals surface area contributed by atoms with E-state index in [1.54, 1.807) is 6.07 Å². The molecule has 0 spiro atoms. The van der Waals surface area contributed by atoms with Gasteiger partial charge >= 0.3 is 0 Å². The maximum absolute atomic E-state index is 10.2. The molecule has 3 rings (SSSR count). The third kappa shape index (κ3) is 2.22.